The van der Waals surface area contributed by atoms with Crippen molar-refractivity contribution >= 4 is 5.69 Å². The van der Waals surface area contributed by atoms with E-state index in [0.29, 0.717) is 11.5 Å². The largest absolute Gasteiger partial charge is 0.489 e. The molecular weight excluding hydrogens is 349 g/mol. The molecule has 0 unspecified atom stereocenters. The van der Waals surface area contributed by atoms with Gasteiger partial charge in [0.25, 0.3) is 0 Å². The van der Waals surface area contributed by atoms with E-state index in [2.05, 4.69) is 5.16 Å². The lowest BCUT2D eigenvalue weighted by Crippen LogP contribution is -2.06. The van der Waals surface area contributed by atoms with Crippen molar-refractivity contribution in [2.75, 3.05) is 5.73 Å². The number of nitrogen functional groups attached to an aromatic ring is 1. The van der Waals surface area contributed by atoms with E-state index < -0.39 is 17.5 Å². The minimum Gasteiger partial charge on any atom is -0.489 e. The minimum atomic E-state index is -1.09. The van der Waals surface area contributed by atoms with E-state index in [1.165, 1.54) is 18.2 Å². The highest BCUT2D eigenvalue weighted by molar-refractivity contribution is 5.45. The van der Waals surface area contributed by atoms with Crippen LogP contribution in [0.3, 0.4) is 0 Å². The summed E-state index contributed by atoms with van der Waals surface area (Å²) in [5, 5.41) is 3.76. The van der Waals surface area contributed by atoms with Crippen LogP contribution in [0.4, 0.5) is 18.9 Å². The zero-order valence-corrected chi connectivity index (χ0v) is 13.8. The van der Waals surface area contributed by atoms with E-state index in [1.807, 2.05) is 0 Å². The average Bonchev–Trinajstić information content (AvgIpc) is 3.03. The van der Waals surface area contributed by atoms with Crippen molar-refractivity contribution in [1.82, 2.24) is 5.16 Å². The van der Waals surface area contributed by atoms with Gasteiger partial charge in [0.2, 0.25) is 0 Å². The third-order valence-corrected chi connectivity index (χ3v) is 3.56. The van der Waals surface area contributed by atoms with Crippen LogP contribution in [0.1, 0.15) is 17.0 Å². The van der Waals surface area contributed by atoms with E-state index in [-0.39, 0.29) is 36.0 Å². The summed E-state index contributed by atoms with van der Waals surface area (Å²) in [6.07, 6.45) is 0. The summed E-state index contributed by atoms with van der Waals surface area (Å²) < 4.78 is 56.8. The van der Waals surface area contributed by atoms with Gasteiger partial charge < -0.3 is 19.7 Å². The molecule has 0 aliphatic heterocycles. The van der Waals surface area contributed by atoms with Crippen LogP contribution in [-0.2, 0) is 13.2 Å². The van der Waals surface area contributed by atoms with Crippen LogP contribution < -0.4 is 15.2 Å². The number of aryl methyl sites for hydroxylation is 1. The number of aromatic nitrogens is 1. The third-order valence-electron chi connectivity index (χ3n) is 3.56. The first-order valence-corrected chi connectivity index (χ1v) is 7.63. The van der Waals surface area contributed by atoms with Gasteiger partial charge in [-0.05, 0) is 31.2 Å². The molecule has 2 N–H and O–H groups in total. The molecule has 0 aliphatic rings. The Bertz CT molecular complexity index is 928. The summed E-state index contributed by atoms with van der Waals surface area (Å²) in [5.41, 5.74) is 5.73. The van der Waals surface area contributed by atoms with E-state index in [1.54, 1.807) is 13.0 Å². The van der Waals surface area contributed by atoms with Crippen LogP contribution in [0.15, 0.2) is 40.9 Å². The second kappa shape index (κ2) is 7.38. The topological polar surface area (TPSA) is 70.5 Å². The van der Waals surface area contributed by atoms with Crippen LogP contribution in [-0.4, -0.2) is 5.16 Å². The molecule has 0 radical (unpaired) electrons. The summed E-state index contributed by atoms with van der Waals surface area (Å²) in [6, 6.07) is 7.63. The number of nitrogens with two attached hydrogens (primary N) is 1. The second-order valence-electron chi connectivity index (χ2n) is 5.53. The van der Waals surface area contributed by atoms with Crippen LogP contribution in [0.2, 0.25) is 0 Å². The van der Waals surface area contributed by atoms with E-state index in [4.69, 9.17) is 19.7 Å². The van der Waals surface area contributed by atoms with Crippen molar-refractivity contribution in [1.29, 1.82) is 0 Å². The SMILES string of the molecule is Cc1cc(COc2ccc(F)c(F)c2COc2ccc(F)c(N)c2)no1. The number of nitrogens with zero attached hydrogens (tertiary/aromatic N) is 1. The molecule has 0 fully saturated rings. The van der Waals surface area contributed by atoms with Crippen molar-refractivity contribution in [3.05, 3.63) is 70.9 Å². The Morgan fingerprint density at radius 3 is 2.46 bits per heavy atom. The van der Waals surface area contributed by atoms with Crippen LogP contribution >= 0.6 is 0 Å². The molecule has 5 nitrogen and oxygen atoms in total. The molecule has 3 rings (SSSR count). The first kappa shape index (κ1) is 17.7. The molecule has 0 saturated carbocycles. The zero-order valence-electron chi connectivity index (χ0n) is 13.8. The van der Waals surface area contributed by atoms with E-state index >= 15 is 0 Å². The van der Waals surface area contributed by atoms with Gasteiger partial charge in [-0.15, -0.1) is 0 Å². The number of hydrogen-bond acceptors (Lipinski definition) is 5. The Kier molecular flexibility index (Phi) is 5.01. The van der Waals surface area contributed by atoms with Gasteiger partial charge in [-0.2, -0.15) is 0 Å². The van der Waals surface area contributed by atoms with Gasteiger partial charge in [-0.25, -0.2) is 13.2 Å². The lowest BCUT2D eigenvalue weighted by molar-refractivity contribution is 0.258. The fourth-order valence-corrected chi connectivity index (χ4v) is 2.25. The third kappa shape index (κ3) is 3.90. The standard InChI is InChI=1S/C18H15F3N2O3/c1-10-6-11(23-26-10)8-25-17-5-4-15(20)18(21)13(17)9-24-12-2-3-14(19)16(22)7-12/h2-7H,8-9,22H2,1H3. The molecule has 1 heterocycles. The predicted molar refractivity (Wildman–Crippen MR) is 87.1 cm³/mol. The highest BCUT2D eigenvalue weighted by Gasteiger charge is 2.16. The summed E-state index contributed by atoms with van der Waals surface area (Å²) in [7, 11) is 0. The maximum absolute atomic E-state index is 14.2. The van der Waals surface area contributed by atoms with Crippen molar-refractivity contribution in [2.45, 2.75) is 20.1 Å². The molecule has 0 saturated heterocycles. The van der Waals surface area contributed by atoms with E-state index in [9.17, 15) is 13.2 Å². The van der Waals surface area contributed by atoms with Crippen LogP contribution in [0, 0.1) is 24.4 Å². The number of anilines is 1. The molecule has 26 heavy (non-hydrogen) atoms. The van der Waals surface area contributed by atoms with Crippen LogP contribution in [0.5, 0.6) is 11.5 Å². The second-order valence-corrected chi connectivity index (χ2v) is 5.53. The first-order chi connectivity index (χ1) is 12.4. The first-order valence-electron chi connectivity index (χ1n) is 7.63. The van der Waals surface area contributed by atoms with Gasteiger partial charge in [-0.1, -0.05) is 5.16 Å². The molecule has 3 aromatic rings. The molecule has 0 bridgehead atoms. The quantitative estimate of drug-likeness (QED) is 0.666. The van der Waals surface area contributed by atoms with Gasteiger partial charge in [0.1, 0.15) is 42.0 Å². The lowest BCUT2D eigenvalue weighted by Gasteiger charge is -2.13. The molecule has 0 amide bonds. The fourth-order valence-electron chi connectivity index (χ4n) is 2.25. The van der Waals surface area contributed by atoms with Gasteiger partial charge in [-0.3, -0.25) is 0 Å². The highest BCUT2D eigenvalue weighted by atomic mass is 19.2. The van der Waals surface area contributed by atoms with Gasteiger partial charge >= 0.3 is 0 Å². The monoisotopic (exact) mass is 364 g/mol. The van der Waals surface area contributed by atoms with Crippen molar-refractivity contribution in [3.63, 3.8) is 0 Å². The molecule has 0 aliphatic carbocycles. The predicted octanol–water partition coefficient (Wildman–Crippen LogP) is 4.14. The zero-order chi connectivity index (χ0) is 18.7. The van der Waals surface area contributed by atoms with Crippen molar-refractivity contribution < 1.29 is 27.2 Å². The van der Waals surface area contributed by atoms with Gasteiger partial charge in [0.05, 0.1) is 11.3 Å². The highest BCUT2D eigenvalue weighted by Crippen LogP contribution is 2.27. The number of benzene rings is 2. The number of halogens is 3. The summed E-state index contributed by atoms with van der Waals surface area (Å²) in [5.74, 6) is -1.81. The smallest absolute Gasteiger partial charge is 0.169 e. The normalized spacial score (nSPS) is 10.8. The van der Waals surface area contributed by atoms with Crippen LogP contribution in [0.25, 0.3) is 0 Å². The fraction of sp³-hybridized carbons (Fsp3) is 0.167. The Morgan fingerprint density at radius 1 is 1.00 bits per heavy atom. The van der Waals surface area contributed by atoms with Gasteiger partial charge in [0, 0.05) is 12.1 Å². The summed E-state index contributed by atoms with van der Waals surface area (Å²) in [6.45, 7) is 1.41. The molecule has 0 atom stereocenters. The van der Waals surface area contributed by atoms with Gasteiger partial charge in [0.15, 0.2) is 11.6 Å². The summed E-state index contributed by atoms with van der Waals surface area (Å²) >= 11 is 0. The Morgan fingerprint density at radius 2 is 1.77 bits per heavy atom. The molecular formula is C18H15F3N2O3. The summed E-state index contributed by atoms with van der Waals surface area (Å²) in [4.78, 5) is 0. The van der Waals surface area contributed by atoms with Crippen molar-refractivity contribution in [3.8, 4) is 11.5 Å². The number of ether oxygens (including phenoxy) is 2. The van der Waals surface area contributed by atoms with E-state index in [0.717, 1.165) is 12.1 Å². The average molecular weight is 364 g/mol. The Labute approximate surface area is 147 Å². The molecule has 0 spiro atoms. The molecule has 1 aromatic heterocycles. The molecule has 136 valence electrons. The number of rotatable bonds is 6. The maximum atomic E-state index is 14.2. The Hall–Kier alpha value is -3.16. The maximum Gasteiger partial charge on any atom is 0.169 e. The Balaban J connectivity index is 1.77. The lowest BCUT2D eigenvalue weighted by atomic mass is 10.2. The molecule has 8 heteroatoms. The van der Waals surface area contributed by atoms with Crippen molar-refractivity contribution in [2.24, 2.45) is 0 Å². The number of hydrogen-bond donors (Lipinski definition) is 1. The molecule has 2 aromatic carbocycles. The minimum absolute atomic E-state index is 0.0128.